The zero-order valence-electron chi connectivity index (χ0n) is 70.7. The van der Waals surface area contributed by atoms with Crippen LogP contribution >= 0.6 is 23.2 Å². The van der Waals surface area contributed by atoms with Crippen LogP contribution in [0.4, 0.5) is 0 Å². The first-order valence-electron chi connectivity index (χ1n) is 42.3. The monoisotopic (exact) mass is 1840 g/mol. The summed E-state index contributed by atoms with van der Waals surface area (Å²) in [5, 5.41) is 154. The van der Waals surface area contributed by atoms with Crippen molar-refractivity contribution in [3.8, 4) is 80.1 Å². The molecular formula is C89H103Cl2N11O28. The smallest absolute Gasteiger partial charge is 0.337 e. The topological polar surface area (TPSA) is 596 Å². The number of unbranched alkanes of at least 4 members (excludes halogenated alkanes) is 4. The molecule has 130 heavy (non-hydrogen) atoms. The lowest BCUT2D eigenvalue weighted by molar-refractivity contribution is -0.277. The number of nitrogens with one attached hydrogen (secondary N) is 10. The molecule has 8 aliphatic heterocycles. The molecule has 0 aromatic heterocycles. The number of rotatable bonds is 24. The van der Waals surface area contributed by atoms with Gasteiger partial charge >= 0.3 is 5.97 Å². The average Bonchev–Trinajstić information content (AvgIpc) is 0.898. The number of likely N-dealkylation sites (N-methyl/N-ethyl adjacent to an activating group) is 1. The number of carbonyl (C=O) groups is 9. The van der Waals surface area contributed by atoms with Crippen LogP contribution in [-0.2, 0) is 63.8 Å². The van der Waals surface area contributed by atoms with Gasteiger partial charge in [-0.25, -0.2) is 4.79 Å². The molecule has 0 spiro atoms. The van der Waals surface area contributed by atoms with E-state index in [1.807, 2.05) is 0 Å². The minimum absolute atomic E-state index is 0.120. The molecule has 41 heteroatoms. The summed E-state index contributed by atoms with van der Waals surface area (Å²) in [4.78, 5) is 139. The third kappa shape index (κ3) is 21.7. The van der Waals surface area contributed by atoms with Gasteiger partial charge in [0.05, 0.1) is 23.8 Å². The molecule has 8 aliphatic rings. The molecule has 15 rings (SSSR count). The standard InChI is InChI=1S/C89H103Cl2N11O28/c1-39(2)12-8-6-5-7-9-13-62(108)97-71-74(111)76(113)79(87(122)123-4)130-88(71)129-78-59-32-44-33-60(78)126-56-23-18-43(30-51(56)90)72(109)70-86(121)101-68(81(116)95-27-11-26-94-25-10-24-92)49-34-45(104)35-58(127-89-77(114)75(112)73(110)61(38-103)128-89)63(49)48-29-41(16-21-53(48)105)66(83(118)102-70)98-84(119)67(44)99-85(120)69-50-36-47(37-55(107)64(50)91)125-57-31-42(17-22-54(57)106)65(93-3)82(117)96-52(80(115)100-69)28-40-14-19-46(124-59)20-15-40/h14-23,29-37,39,52,61,65-77,79,88-89,93-94,103-107,109-114H,5-13,24-28,38,92H2,1-4H3,(H,95,116)(H,96,117)(H,97,108)(H,98,119)(H,99,120)(H,100,115)(H,101,121)(H,102,118)/t52-,61-,65-,66-,67-,68-,69+,70+,71-,72-,73-,74-,75+,76+,77+,79+,88-,89+/m1/s1. The Morgan fingerprint density at radius 2 is 1.22 bits per heavy atom. The minimum Gasteiger partial charge on any atom is -0.508 e. The lowest BCUT2D eigenvalue weighted by atomic mass is 9.89. The maximum absolute atomic E-state index is 16.9. The molecule has 23 N–H and O–H groups in total. The summed E-state index contributed by atoms with van der Waals surface area (Å²) in [6.45, 7) is 4.34. The summed E-state index contributed by atoms with van der Waals surface area (Å²) in [6, 6.07) is 5.95. The maximum atomic E-state index is 16.9. The molecular weight excluding hydrogens is 1740 g/mol. The first-order valence-corrected chi connectivity index (χ1v) is 43.0. The highest BCUT2D eigenvalue weighted by atomic mass is 35.5. The van der Waals surface area contributed by atoms with Crippen LogP contribution < -0.4 is 82.6 Å². The van der Waals surface area contributed by atoms with Crippen molar-refractivity contribution in [2.75, 3.05) is 46.9 Å². The first-order chi connectivity index (χ1) is 62.2. The zero-order valence-corrected chi connectivity index (χ0v) is 72.3. The molecule has 17 bridgehead atoms. The van der Waals surface area contributed by atoms with Gasteiger partial charge in [0.2, 0.25) is 65.6 Å². The van der Waals surface area contributed by atoms with E-state index in [1.54, 1.807) is 0 Å². The number of nitrogens with two attached hydrogens (primary N) is 1. The molecule has 2 saturated heterocycles. The molecule has 7 aromatic carbocycles. The predicted molar refractivity (Wildman–Crippen MR) is 460 cm³/mol. The van der Waals surface area contributed by atoms with Crippen LogP contribution in [0.25, 0.3) is 11.1 Å². The van der Waals surface area contributed by atoms with Crippen LogP contribution in [0, 0.1) is 5.92 Å². The van der Waals surface area contributed by atoms with E-state index in [9.17, 15) is 70.6 Å². The van der Waals surface area contributed by atoms with Gasteiger partial charge in [0.15, 0.2) is 29.1 Å². The van der Waals surface area contributed by atoms with Crippen LogP contribution in [0.2, 0.25) is 10.0 Å². The van der Waals surface area contributed by atoms with E-state index in [2.05, 4.69) is 67.0 Å². The van der Waals surface area contributed by atoms with Gasteiger partial charge in [0, 0.05) is 48.2 Å². The van der Waals surface area contributed by atoms with Gasteiger partial charge in [0.1, 0.15) is 131 Å². The van der Waals surface area contributed by atoms with Gasteiger partial charge in [-0.2, -0.15) is 0 Å². The van der Waals surface area contributed by atoms with Crippen molar-refractivity contribution < 1.29 is 137 Å². The SMILES string of the molecule is CN[C@H]1C(=O)N[C@@H]2Cc3ccc(cc3)Oc3cc4cc(c3O[C@@H]3O[C@H](C(=O)OC)[C@@H](O)[C@H](O)[C@H]3NC(=O)CCCCCCCC(C)C)Oc3ccc(cc3Cl)[C@@H](O)[C@@H]3NC(=O)[C@H](NC(=O)[C@@H]4NC(=O)[C@@H](NC2=O)c2cc(cc(O)c2Cl)Oc2cc1ccc2O)c1ccc(O)c(c1)-c1c(O[C@H]2O[C@H](CO)[C@@H](O)[C@H](O)[C@@H]2O)cc(O)cc1[C@H](C(=O)NCCCNCCCN)NC3=O. The Morgan fingerprint density at radius 1 is 0.562 bits per heavy atom. The van der Waals surface area contributed by atoms with Crippen LogP contribution in [0.5, 0.6) is 69.0 Å². The average molecular weight is 1850 g/mol. The number of carbonyl (C=O) groups excluding carboxylic acids is 9. The van der Waals surface area contributed by atoms with Crippen LogP contribution in [-0.4, -0.2) is 230 Å². The van der Waals surface area contributed by atoms with Gasteiger partial charge in [-0.05, 0) is 158 Å². The molecule has 18 atom stereocenters. The number of aromatic hydroxyl groups is 4. The van der Waals surface area contributed by atoms with E-state index in [1.165, 1.54) is 55.6 Å². The van der Waals surface area contributed by atoms with E-state index in [0.717, 1.165) is 99.5 Å². The van der Waals surface area contributed by atoms with Gasteiger partial charge in [-0.3, -0.25) is 38.4 Å². The van der Waals surface area contributed by atoms with Gasteiger partial charge < -0.3 is 153 Å². The number of phenols is 4. The lowest BCUT2D eigenvalue weighted by Crippen LogP contribution is -2.66. The summed E-state index contributed by atoms with van der Waals surface area (Å²) in [7, 11) is 2.40. The quantitative estimate of drug-likeness (QED) is 0.0305. The molecule has 0 radical (unpaired) electrons. The van der Waals surface area contributed by atoms with Crippen molar-refractivity contribution in [3.05, 3.63) is 164 Å². The van der Waals surface area contributed by atoms with E-state index in [4.69, 9.17) is 66.8 Å². The van der Waals surface area contributed by atoms with Crippen molar-refractivity contribution in [3.63, 3.8) is 0 Å². The summed E-state index contributed by atoms with van der Waals surface area (Å²) >= 11 is 14.4. The highest BCUT2D eigenvalue weighted by Gasteiger charge is 2.52. The number of aliphatic hydroxyl groups excluding tert-OH is 7. The molecule has 0 unspecified atom stereocenters. The number of esters is 1. The molecule has 696 valence electrons. The molecule has 39 nitrogen and oxygen atoms in total. The van der Waals surface area contributed by atoms with Crippen molar-refractivity contribution in [1.82, 2.24) is 53.2 Å². The zero-order chi connectivity index (χ0) is 93.2. The third-order valence-corrected chi connectivity index (χ3v) is 23.7. The molecule has 2 fully saturated rings. The van der Waals surface area contributed by atoms with E-state index >= 15 is 28.8 Å². The van der Waals surface area contributed by atoms with Crippen molar-refractivity contribution >= 4 is 76.4 Å². The largest absolute Gasteiger partial charge is 0.508 e. The van der Waals surface area contributed by atoms with E-state index in [-0.39, 0.29) is 47.8 Å². The third-order valence-electron chi connectivity index (χ3n) is 23.0. The fraction of sp³-hybridized carbons (Fsp3) is 0.427. The number of ether oxygens (including phenoxy) is 8. The van der Waals surface area contributed by atoms with E-state index in [0.29, 0.717) is 50.4 Å². The second kappa shape index (κ2) is 42.3. The lowest BCUT2D eigenvalue weighted by Gasteiger charge is -2.41. The Kier molecular flexibility index (Phi) is 31.1. The summed E-state index contributed by atoms with van der Waals surface area (Å²) in [6.07, 6.45) is -15.8. The normalized spacial score (nSPS) is 25.6. The highest BCUT2D eigenvalue weighted by Crippen LogP contribution is 2.51. The minimum atomic E-state index is -2.44. The Morgan fingerprint density at radius 3 is 1.94 bits per heavy atom. The van der Waals surface area contributed by atoms with E-state index < -0.39 is 271 Å². The van der Waals surface area contributed by atoms with Gasteiger partial charge in [0.25, 0.3) is 0 Å². The molecule has 8 amide bonds. The predicted octanol–water partition coefficient (Wildman–Crippen LogP) is 3.24. The number of halogens is 2. The van der Waals surface area contributed by atoms with Crippen LogP contribution in [0.1, 0.15) is 147 Å². The number of hydrogen-bond donors (Lipinski definition) is 22. The molecule has 0 saturated carbocycles. The Labute approximate surface area is 753 Å². The Bertz CT molecular complexity index is 5370. The number of benzene rings is 7. The number of fused-ring (bicyclic) bond motifs is 14. The number of hydrogen-bond acceptors (Lipinski definition) is 31. The molecule has 8 heterocycles. The van der Waals surface area contributed by atoms with Crippen molar-refractivity contribution in [1.29, 1.82) is 0 Å². The molecule has 7 aromatic rings. The number of amides is 8. The number of phenolic OH excluding ortho intramolecular Hbond substituents is 4. The fourth-order valence-electron chi connectivity index (χ4n) is 16.0. The van der Waals surface area contributed by atoms with Crippen LogP contribution in [0.15, 0.2) is 115 Å². The van der Waals surface area contributed by atoms with Gasteiger partial charge in [-0.15, -0.1) is 0 Å². The highest BCUT2D eigenvalue weighted by molar-refractivity contribution is 6.33. The van der Waals surface area contributed by atoms with Crippen LogP contribution in [0.3, 0.4) is 0 Å². The summed E-state index contributed by atoms with van der Waals surface area (Å²) in [5.74, 6) is -16.7. The first kappa shape index (κ1) is 95.6. The summed E-state index contributed by atoms with van der Waals surface area (Å²) in [5.41, 5.74) is 3.07. The molecule has 0 aliphatic carbocycles. The fourth-order valence-corrected chi connectivity index (χ4v) is 16.5. The van der Waals surface area contributed by atoms with Crippen molar-refractivity contribution in [2.45, 2.75) is 188 Å². The number of aliphatic hydroxyl groups is 7. The second-order valence-electron chi connectivity index (χ2n) is 32.6. The summed E-state index contributed by atoms with van der Waals surface area (Å²) < 4.78 is 50.0. The Hall–Kier alpha value is -11.9. The second-order valence-corrected chi connectivity index (χ2v) is 33.4. The van der Waals surface area contributed by atoms with Crippen molar-refractivity contribution in [2.24, 2.45) is 11.7 Å². The maximum Gasteiger partial charge on any atom is 0.337 e. The number of methoxy groups -OCH3 is 1. The van der Waals surface area contributed by atoms with Gasteiger partial charge in [-0.1, -0.05) is 99.5 Å². The Balaban J connectivity index is 1.04.